The van der Waals surface area contributed by atoms with Gasteiger partial charge in [0.05, 0.1) is 12.8 Å². The normalized spacial score (nSPS) is 15.8. The molecule has 0 aliphatic heterocycles. The summed E-state index contributed by atoms with van der Waals surface area (Å²) in [6.45, 7) is 0.576. The standard InChI is InChI=1S/C18H27ClN2O2/c1-21(15-7-5-3-4-6-8-15)18(22)11-12-20-16-13-14(19)9-10-17(16)23-2/h9-10,13,15,20H,3-8,11-12H2,1-2H3. The predicted octanol–water partition coefficient (Wildman–Crippen LogP) is 4.33. The molecule has 23 heavy (non-hydrogen) atoms. The smallest absolute Gasteiger partial charge is 0.224 e. The molecule has 1 fully saturated rings. The Morgan fingerprint density at radius 3 is 2.65 bits per heavy atom. The Hall–Kier alpha value is -1.42. The third kappa shape index (κ3) is 5.31. The number of nitrogens with one attached hydrogen (secondary N) is 1. The third-order valence-corrected chi connectivity index (χ3v) is 4.82. The highest BCUT2D eigenvalue weighted by Crippen LogP contribution is 2.27. The van der Waals surface area contributed by atoms with Crippen molar-refractivity contribution in [3.63, 3.8) is 0 Å². The molecular formula is C18H27ClN2O2. The minimum absolute atomic E-state index is 0.199. The third-order valence-electron chi connectivity index (χ3n) is 4.58. The first-order valence-corrected chi connectivity index (χ1v) is 8.82. The van der Waals surface area contributed by atoms with E-state index < -0.39 is 0 Å². The van der Waals surface area contributed by atoms with Gasteiger partial charge in [0.2, 0.25) is 5.91 Å². The number of carbonyl (C=O) groups is 1. The Balaban J connectivity index is 1.83. The van der Waals surface area contributed by atoms with Gasteiger partial charge in [0.15, 0.2) is 0 Å². The molecule has 4 nitrogen and oxygen atoms in total. The predicted molar refractivity (Wildman–Crippen MR) is 95.4 cm³/mol. The lowest BCUT2D eigenvalue weighted by Crippen LogP contribution is -2.37. The largest absolute Gasteiger partial charge is 0.495 e. The highest BCUT2D eigenvalue weighted by Gasteiger charge is 2.20. The van der Waals surface area contributed by atoms with Gasteiger partial charge in [0, 0.05) is 31.1 Å². The lowest BCUT2D eigenvalue weighted by Gasteiger charge is -2.27. The van der Waals surface area contributed by atoms with Gasteiger partial charge in [0.25, 0.3) is 0 Å². The second kappa shape index (κ2) is 9.02. The summed E-state index contributed by atoms with van der Waals surface area (Å²) in [6, 6.07) is 5.84. The first-order chi connectivity index (χ1) is 11.1. The number of rotatable bonds is 6. The topological polar surface area (TPSA) is 41.6 Å². The Labute approximate surface area is 144 Å². The minimum atomic E-state index is 0.199. The maximum atomic E-state index is 12.4. The number of amides is 1. The van der Waals surface area contributed by atoms with Gasteiger partial charge in [-0.2, -0.15) is 0 Å². The van der Waals surface area contributed by atoms with E-state index in [4.69, 9.17) is 16.3 Å². The molecule has 0 unspecified atom stereocenters. The molecule has 0 radical (unpaired) electrons. The molecule has 128 valence electrons. The van der Waals surface area contributed by atoms with Gasteiger partial charge in [-0.15, -0.1) is 0 Å². The second-order valence-corrected chi connectivity index (χ2v) is 6.61. The van der Waals surface area contributed by atoms with E-state index in [2.05, 4.69) is 5.32 Å². The van der Waals surface area contributed by atoms with Crippen molar-refractivity contribution in [3.8, 4) is 5.75 Å². The van der Waals surface area contributed by atoms with E-state index in [1.54, 1.807) is 13.2 Å². The van der Waals surface area contributed by atoms with E-state index in [1.165, 1.54) is 25.7 Å². The Morgan fingerprint density at radius 2 is 2.00 bits per heavy atom. The first kappa shape index (κ1) is 17.9. The average molecular weight is 339 g/mol. The molecule has 0 bridgehead atoms. The highest BCUT2D eigenvalue weighted by atomic mass is 35.5. The van der Waals surface area contributed by atoms with Crippen molar-refractivity contribution in [2.75, 3.05) is 26.0 Å². The van der Waals surface area contributed by atoms with Crippen molar-refractivity contribution in [1.29, 1.82) is 0 Å². The summed E-state index contributed by atoms with van der Waals surface area (Å²) in [6.07, 6.45) is 7.82. The summed E-state index contributed by atoms with van der Waals surface area (Å²) >= 11 is 6.01. The zero-order chi connectivity index (χ0) is 16.7. The Morgan fingerprint density at radius 1 is 1.30 bits per heavy atom. The van der Waals surface area contributed by atoms with Crippen LogP contribution in [-0.2, 0) is 4.79 Å². The molecule has 5 heteroatoms. The van der Waals surface area contributed by atoms with Gasteiger partial charge < -0.3 is 15.0 Å². The van der Waals surface area contributed by atoms with Crippen LogP contribution in [0.1, 0.15) is 44.9 Å². The van der Waals surface area contributed by atoms with Crippen LogP contribution in [0, 0.1) is 0 Å². The van der Waals surface area contributed by atoms with Crippen LogP contribution < -0.4 is 10.1 Å². The number of methoxy groups -OCH3 is 1. The van der Waals surface area contributed by atoms with Gasteiger partial charge in [-0.1, -0.05) is 37.3 Å². The molecule has 1 N–H and O–H groups in total. The summed E-state index contributed by atoms with van der Waals surface area (Å²) in [5.41, 5.74) is 0.824. The molecule has 1 aromatic carbocycles. The number of nitrogens with zero attached hydrogens (tertiary/aromatic N) is 1. The lowest BCUT2D eigenvalue weighted by atomic mass is 10.1. The van der Waals surface area contributed by atoms with E-state index >= 15 is 0 Å². The van der Waals surface area contributed by atoms with Crippen LogP contribution in [-0.4, -0.2) is 37.6 Å². The molecule has 1 aliphatic rings. The van der Waals surface area contributed by atoms with Crippen LogP contribution in [0.15, 0.2) is 18.2 Å². The van der Waals surface area contributed by atoms with Crippen LogP contribution in [0.2, 0.25) is 5.02 Å². The number of hydrogen-bond donors (Lipinski definition) is 1. The summed E-state index contributed by atoms with van der Waals surface area (Å²) in [4.78, 5) is 14.3. The molecule has 0 aromatic heterocycles. The van der Waals surface area contributed by atoms with E-state index in [1.807, 2.05) is 24.1 Å². The van der Waals surface area contributed by atoms with Crippen molar-refractivity contribution < 1.29 is 9.53 Å². The summed E-state index contributed by atoms with van der Waals surface area (Å²) < 4.78 is 5.30. The molecule has 1 saturated carbocycles. The molecule has 1 aromatic rings. The van der Waals surface area contributed by atoms with Gasteiger partial charge >= 0.3 is 0 Å². The molecular weight excluding hydrogens is 312 g/mol. The first-order valence-electron chi connectivity index (χ1n) is 8.45. The van der Waals surface area contributed by atoms with Gasteiger partial charge in [-0.05, 0) is 31.0 Å². The van der Waals surface area contributed by atoms with Crippen LogP contribution in [0.5, 0.6) is 5.75 Å². The fourth-order valence-corrected chi connectivity index (χ4v) is 3.32. The van der Waals surface area contributed by atoms with Crippen LogP contribution in [0.4, 0.5) is 5.69 Å². The zero-order valence-electron chi connectivity index (χ0n) is 14.1. The quantitative estimate of drug-likeness (QED) is 0.785. The monoisotopic (exact) mass is 338 g/mol. The number of halogens is 1. The second-order valence-electron chi connectivity index (χ2n) is 6.17. The number of carbonyl (C=O) groups excluding carboxylic acids is 1. The Bertz CT molecular complexity index is 514. The summed E-state index contributed by atoms with van der Waals surface area (Å²) in [5.74, 6) is 0.935. The van der Waals surface area contributed by atoms with E-state index in [0.29, 0.717) is 24.0 Å². The summed E-state index contributed by atoms with van der Waals surface area (Å²) in [5, 5.41) is 3.90. The maximum absolute atomic E-state index is 12.4. The fraction of sp³-hybridized carbons (Fsp3) is 0.611. The number of ether oxygens (including phenoxy) is 1. The molecule has 0 atom stereocenters. The summed E-state index contributed by atoms with van der Waals surface area (Å²) in [7, 11) is 3.57. The maximum Gasteiger partial charge on any atom is 0.224 e. The van der Waals surface area contributed by atoms with Gasteiger partial charge in [-0.3, -0.25) is 4.79 Å². The van der Waals surface area contributed by atoms with Crippen molar-refractivity contribution in [2.45, 2.75) is 51.0 Å². The molecule has 2 rings (SSSR count). The average Bonchev–Trinajstić information content (AvgIpc) is 2.83. The van der Waals surface area contributed by atoms with E-state index in [-0.39, 0.29) is 5.91 Å². The minimum Gasteiger partial charge on any atom is -0.495 e. The molecule has 0 saturated heterocycles. The van der Waals surface area contributed by atoms with E-state index in [9.17, 15) is 4.79 Å². The zero-order valence-corrected chi connectivity index (χ0v) is 14.9. The SMILES string of the molecule is COc1ccc(Cl)cc1NCCC(=O)N(C)C1CCCCCC1. The van der Waals surface area contributed by atoms with Gasteiger partial charge in [-0.25, -0.2) is 0 Å². The lowest BCUT2D eigenvalue weighted by molar-refractivity contribution is -0.131. The molecule has 1 aliphatic carbocycles. The number of anilines is 1. The Kier molecular flexibility index (Phi) is 7.03. The van der Waals surface area contributed by atoms with Crippen molar-refractivity contribution in [2.24, 2.45) is 0 Å². The van der Waals surface area contributed by atoms with Crippen molar-refractivity contribution >= 4 is 23.2 Å². The molecule has 1 amide bonds. The molecule has 0 spiro atoms. The van der Waals surface area contributed by atoms with Crippen molar-refractivity contribution in [3.05, 3.63) is 23.2 Å². The van der Waals surface area contributed by atoms with Crippen LogP contribution in [0.3, 0.4) is 0 Å². The highest BCUT2D eigenvalue weighted by molar-refractivity contribution is 6.30. The molecule has 0 heterocycles. The van der Waals surface area contributed by atoms with Crippen LogP contribution >= 0.6 is 11.6 Å². The van der Waals surface area contributed by atoms with Crippen LogP contribution in [0.25, 0.3) is 0 Å². The number of hydrogen-bond acceptors (Lipinski definition) is 3. The number of benzene rings is 1. The fourth-order valence-electron chi connectivity index (χ4n) is 3.15. The van der Waals surface area contributed by atoms with Crippen molar-refractivity contribution in [1.82, 2.24) is 4.90 Å². The van der Waals surface area contributed by atoms with Gasteiger partial charge in [0.1, 0.15) is 5.75 Å². The van der Waals surface area contributed by atoms with E-state index in [0.717, 1.165) is 24.3 Å².